The van der Waals surface area contributed by atoms with Gasteiger partial charge in [-0.3, -0.25) is 9.59 Å². The Morgan fingerprint density at radius 2 is 1.76 bits per heavy atom. The van der Waals surface area contributed by atoms with Crippen LogP contribution in [0.1, 0.15) is 41.4 Å². The van der Waals surface area contributed by atoms with E-state index in [1.807, 2.05) is 80.6 Å². The Bertz CT molecular complexity index is 1240. The van der Waals surface area contributed by atoms with Crippen molar-refractivity contribution in [3.05, 3.63) is 89.8 Å². The lowest BCUT2D eigenvalue weighted by Gasteiger charge is -2.07. The van der Waals surface area contributed by atoms with Crippen molar-refractivity contribution in [2.24, 2.45) is 0 Å². The van der Waals surface area contributed by atoms with Gasteiger partial charge in [0.2, 0.25) is 5.91 Å². The minimum atomic E-state index is -0.249. The molecule has 0 spiro atoms. The summed E-state index contributed by atoms with van der Waals surface area (Å²) in [4.78, 5) is 24.8. The molecule has 0 saturated heterocycles. The molecule has 0 bridgehead atoms. The topological polar surface area (TPSA) is 89.2 Å². The van der Waals surface area contributed by atoms with Crippen molar-refractivity contribution < 1.29 is 14.0 Å². The van der Waals surface area contributed by atoms with Crippen LogP contribution in [0, 0.1) is 6.92 Å². The number of carbonyl (C=O) groups excluding carboxylic acids is 2. The Labute approximate surface area is 192 Å². The fraction of sp³-hybridized carbons (Fsp3) is 0.192. The van der Waals surface area contributed by atoms with Crippen molar-refractivity contribution >= 4 is 17.5 Å². The van der Waals surface area contributed by atoms with E-state index in [1.165, 1.54) is 0 Å². The van der Waals surface area contributed by atoms with E-state index in [9.17, 15) is 9.59 Å². The van der Waals surface area contributed by atoms with Crippen LogP contribution in [0.5, 0.6) is 0 Å². The molecule has 0 atom stereocenters. The predicted molar refractivity (Wildman–Crippen MR) is 127 cm³/mol. The fourth-order valence-corrected chi connectivity index (χ4v) is 3.43. The summed E-state index contributed by atoms with van der Waals surface area (Å²) in [5, 5.41) is 10.4. The maximum absolute atomic E-state index is 13.1. The molecule has 0 fully saturated rings. The van der Waals surface area contributed by atoms with Crippen LogP contribution in [0.2, 0.25) is 0 Å². The first-order valence-electron chi connectivity index (χ1n) is 10.9. The molecule has 0 aliphatic rings. The standard InChI is InChI=1S/C26H26N4O3/c1-3-7-24(31)28-20-13-11-19(12-14-20)16-27-26(32)22-17-30(21-8-5-4-6-9-21)29-25(22)23-15-10-18(2)33-23/h4-6,8-15,17H,3,7,16H2,1-2H3,(H,27,32)(H,28,31). The summed E-state index contributed by atoms with van der Waals surface area (Å²) in [6, 6.07) is 20.7. The van der Waals surface area contributed by atoms with Gasteiger partial charge in [-0.15, -0.1) is 0 Å². The molecule has 0 aliphatic heterocycles. The maximum Gasteiger partial charge on any atom is 0.255 e. The summed E-state index contributed by atoms with van der Waals surface area (Å²) >= 11 is 0. The average Bonchev–Trinajstić information content (AvgIpc) is 3.46. The Morgan fingerprint density at radius 1 is 1.00 bits per heavy atom. The summed E-state index contributed by atoms with van der Waals surface area (Å²) in [6.45, 7) is 4.16. The Balaban J connectivity index is 1.50. The lowest BCUT2D eigenvalue weighted by Crippen LogP contribution is -2.23. The predicted octanol–water partition coefficient (Wildman–Crippen LogP) is 5.11. The molecular weight excluding hydrogens is 416 g/mol. The van der Waals surface area contributed by atoms with E-state index in [0.717, 1.165) is 29.1 Å². The first-order chi connectivity index (χ1) is 16.0. The molecule has 2 aromatic carbocycles. The van der Waals surface area contributed by atoms with Crippen LogP contribution in [0.15, 0.2) is 77.3 Å². The zero-order valence-electron chi connectivity index (χ0n) is 18.7. The number of benzene rings is 2. The van der Waals surface area contributed by atoms with Gasteiger partial charge < -0.3 is 15.1 Å². The molecular formula is C26H26N4O3. The van der Waals surface area contributed by atoms with Crippen molar-refractivity contribution in [2.75, 3.05) is 5.32 Å². The second-order valence-corrected chi connectivity index (χ2v) is 7.76. The number of rotatable bonds is 8. The van der Waals surface area contributed by atoms with E-state index in [1.54, 1.807) is 10.9 Å². The minimum absolute atomic E-state index is 0.00493. The fourth-order valence-electron chi connectivity index (χ4n) is 3.43. The average molecular weight is 443 g/mol. The number of furan rings is 1. The number of amides is 2. The molecule has 7 heteroatoms. The molecule has 2 heterocycles. The number of hydrogen-bond donors (Lipinski definition) is 2. The highest BCUT2D eigenvalue weighted by molar-refractivity contribution is 5.99. The van der Waals surface area contributed by atoms with Gasteiger partial charge in [-0.25, -0.2) is 4.68 Å². The van der Waals surface area contributed by atoms with Gasteiger partial charge in [0, 0.05) is 24.8 Å². The van der Waals surface area contributed by atoms with Crippen molar-refractivity contribution in [2.45, 2.75) is 33.2 Å². The van der Waals surface area contributed by atoms with Gasteiger partial charge in [0.05, 0.1) is 11.3 Å². The lowest BCUT2D eigenvalue weighted by atomic mass is 10.1. The van der Waals surface area contributed by atoms with Crippen molar-refractivity contribution in [1.82, 2.24) is 15.1 Å². The summed E-state index contributed by atoms with van der Waals surface area (Å²) in [5.74, 6) is 1.03. The molecule has 2 aromatic heterocycles. The van der Waals surface area contributed by atoms with Crippen molar-refractivity contribution in [1.29, 1.82) is 0 Å². The number of aryl methyl sites for hydroxylation is 1. The maximum atomic E-state index is 13.1. The molecule has 4 rings (SSSR count). The third-order valence-corrected chi connectivity index (χ3v) is 5.12. The second kappa shape index (κ2) is 9.99. The third-order valence-electron chi connectivity index (χ3n) is 5.12. The Morgan fingerprint density at radius 3 is 2.42 bits per heavy atom. The zero-order valence-corrected chi connectivity index (χ0v) is 18.7. The van der Waals surface area contributed by atoms with Gasteiger partial charge in [-0.1, -0.05) is 37.3 Å². The van der Waals surface area contributed by atoms with Gasteiger partial charge in [0.1, 0.15) is 11.5 Å². The normalized spacial score (nSPS) is 10.7. The first kappa shape index (κ1) is 22.1. The molecule has 168 valence electrons. The number of hydrogen-bond acceptors (Lipinski definition) is 4. The van der Waals surface area contributed by atoms with Crippen LogP contribution in [0.25, 0.3) is 17.1 Å². The highest BCUT2D eigenvalue weighted by Crippen LogP contribution is 2.26. The smallest absolute Gasteiger partial charge is 0.255 e. The van der Waals surface area contributed by atoms with E-state index >= 15 is 0 Å². The van der Waals surface area contributed by atoms with Crippen molar-refractivity contribution in [3.8, 4) is 17.1 Å². The number of aromatic nitrogens is 2. The summed E-state index contributed by atoms with van der Waals surface area (Å²) in [5.41, 5.74) is 3.42. The molecule has 0 unspecified atom stereocenters. The number of anilines is 1. The molecule has 0 saturated carbocycles. The molecule has 0 radical (unpaired) electrons. The largest absolute Gasteiger partial charge is 0.460 e. The minimum Gasteiger partial charge on any atom is -0.460 e. The SMILES string of the molecule is CCCC(=O)Nc1ccc(CNC(=O)c2cn(-c3ccccc3)nc2-c2ccc(C)o2)cc1. The zero-order chi connectivity index (χ0) is 23.2. The van der Waals surface area contributed by atoms with Gasteiger partial charge in [-0.05, 0) is 55.3 Å². The first-order valence-corrected chi connectivity index (χ1v) is 10.9. The van der Waals surface area contributed by atoms with E-state index in [4.69, 9.17) is 4.42 Å². The van der Waals surface area contributed by atoms with Gasteiger partial charge in [0.25, 0.3) is 5.91 Å². The summed E-state index contributed by atoms with van der Waals surface area (Å²) < 4.78 is 7.42. The molecule has 7 nitrogen and oxygen atoms in total. The van der Waals surface area contributed by atoms with Crippen LogP contribution in [0.3, 0.4) is 0 Å². The highest BCUT2D eigenvalue weighted by Gasteiger charge is 2.20. The number of para-hydroxylation sites is 1. The van der Waals surface area contributed by atoms with E-state index < -0.39 is 0 Å². The van der Waals surface area contributed by atoms with Gasteiger partial charge >= 0.3 is 0 Å². The molecule has 33 heavy (non-hydrogen) atoms. The molecule has 2 N–H and O–H groups in total. The number of carbonyl (C=O) groups is 2. The highest BCUT2D eigenvalue weighted by atomic mass is 16.3. The van der Waals surface area contributed by atoms with Gasteiger partial charge in [0.15, 0.2) is 5.76 Å². The number of nitrogens with one attached hydrogen (secondary N) is 2. The number of nitrogens with zero attached hydrogens (tertiary/aromatic N) is 2. The van der Waals surface area contributed by atoms with Crippen LogP contribution in [-0.2, 0) is 11.3 Å². The molecule has 4 aromatic rings. The van der Waals surface area contributed by atoms with Crippen LogP contribution in [-0.4, -0.2) is 21.6 Å². The lowest BCUT2D eigenvalue weighted by molar-refractivity contribution is -0.116. The summed E-state index contributed by atoms with van der Waals surface area (Å²) in [6.07, 6.45) is 3.01. The van der Waals surface area contributed by atoms with Crippen LogP contribution < -0.4 is 10.6 Å². The Hall–Kier alpha value is -4.13. The summed E-state index contributed by atoms with van der Waals surface area (Å²) in [7, 11) is 0. The van der Waals surface area contributed by atoms with E-state index in [0.29, 0.717) is 30.0 Å². The second-order valence-electron chi connectivity index (χ2n) is 7.76. The third kappa shape index (κ3) is 5.38. The van der Waals surface area contributed by atoms with Crippen LogP contribution >= 0.6 is 0 Å². The van der Waals surface area contributed by atoms with Crippen molar-refractivity contribution in [3.63, 3.8) is 0 Å². The monoisotopic (exact) mass is 442 g/mol. The quantitative estimate of drug-likeness (QED) is 0.397. The molecule has 2 amide bonds. The Kier molecular flexibility index (Phi) is 6.69. The van der Waals surface area contributed by atoms with E-state index in [-0.39, 0.29) is 11.8 Å². The molecule has 0 aliphatic carbocycles. The van der Waals surface area contributed by atoms with E-state index in [2.05, 4.69) is 15.7 Å². The van der Waals surface area contributed by atoms with Crippen LogP contribution in [0.4, 0.5) is 5.69 Å². The van der Waals surface area contributed by atoms with Gasteiger partial charge in [-0.2, -0.15) is 5.10 Å².